The van der Waals surface area contributed by atoms with Gasteiger partial charge in [-0.05, 0) is 32.2 Å². The van der Waals surface area contributed by atoms with Crippen LogP contribution in [-0.2, 0) is 0 Å². The molecule has 2 fully saturated rings. The summed E-state index contributed by atoms with van der Waals surface area (Å²) in [5.41, 5.74) is 0. The van der Waals surface area contributed by atoms with Gasteiger partial charge >= 0.3 is 0 Å². The van der Waals surface area contributed by atoms with Gasteiger partial charge in [0.2, 0.25) is 0 Å². The molecule has 0 aromatic carbocycles. The molecule has 2 rings (SSSR count). The van der Waals surface area contributed by atoms with Crippen molar-refractivity contribution >= 4 is 0 Å². The summed E-state index contributed by atoms with van der Waals surface area (Å²) in [7, 11) is 2.28. The van der Waals surface area contributed by atoms with Gasteiger partial charge in [-0.2, -0.15) is 0 Å². The number of hydrogen-bond donors (Lipinski definition) is 1. The van der Waals surface area contributed by atoms with Gasteiger partial charge in [0.05, 0.1) is 0 Å². The zero-order valence-electron chi connectivity index (χ0n) is 11.0. The van der Waals surface area contributed by atoms with Gasteiger partial charge in [0, 0.05) is 25.2 Å². The van der Waals surface area contributed by atoms with Gasteiger partial charge in [-0.3, -0.25) is 0 Å². The van der Waals surface area contributed by atoms with Crippen LogP contribution in [0.4, 0.5) is 0 Å². The van der Waals surface area contributed by atoms with Crippen LogP contribution in [0.3, 0.4) is 0 Å². The van der Waals surface area contributed by atoms with Gasteiger partial charge in [0.1, 0.15) is 0 Å². The first-order chi connectivity index (χ1) is 7.78. The van der Waals surface area contributed by atoms with Crippen LogP contribution in [0.25, 0.3) is 0 Å². The van der Waals surface area contributed by atoms with Crippen LogP contribution in [0, 0.1) is 5.92 Å². The molecule has 1 N–H and O–H groups in total. The molecule has 1 aliphatic carbocycles. The highest BCUT2D eigenvalue weighted by Crippen LogP contribution is 2.22. The zero-order valence-corrected chi connectivity index (χ0v) is 11.0. The largest absolute Gasteiger partial charge is 0.310 e. The number of likely N-dealkylation sites (N-methyl/N-ethyl adjacent to an activating group) is 1. The molecule has 16 heavy (non-hydrogen) atoms. The lowest BCUT2D eigenvalue weighted by Crippen LogP contribution is -2.51. The molecule has 2 nitrogen and oxygen atoms in total. The highest BCUT2D eigenvalue weighted by Gasteiger charge is 2.26. The van der Waals surface area contributed by atoms with Crippen LogP contribution in [-0.4, -0.2) is 37.1 Å². The molecule has 1 heterocycles. The van der Waals surface area contributed by atoms with E-state index in [2.05, 4.69) is 24.2 Å². The molecule has 2 heteroatoms. The van der Waals surface area contributed by atoms with Crippen LogP contribution in [0.5, 0.6) is 0 Å². The van der Waals surface area contributed by atoms with Crippen LogP contribution < -0.4 is 5.32 Å². The summed E-state index contributed by atoms with van der Waals surface area (Å²) < 4.78 is 0. The molecule has 2 atom stereocenters. The second kappa shape index (κ2) is 6.02. The Morgan fingerprint density at radius 1 is 1.06 bits per heavy atom. The van der Waals surface area contributed by atoms with Crippen molar-refractivity contribution in [2.45, 2.75) is 64.0 Å². The molecule has 2 unspecified atom stereocenters. The van der Waals surface area contributed by atoms with Gasteiger partial charge < -0.3 is 10.2 Å². The Morgan fingerprint density at radius 2 is 1.81 bits per heavy atom. The van der Waals surface area contributed by atoms with E-state index in [9.17, 15) is 0 Å². The average molecular weight is 224 g/mol. The molecule has 94 valence electrons. The first kappa shape index (κ1) is 12.4. The van der Waals surface area contributed by atoms with Crippen molar-refractivity contribution in [2.24, 2.45) is 5.92 Å². The minimum absolute atomic E-state index is 0.756. The van der Waals surface area contributed by atoms with E-state index in [1.54, 1.807) is 0 Å². The van der Waals surface area contributed by atoms with Crippen molar-refractivity contribution in [1.82, 2.24) is 10.2 Å². The summed E-state index contributed by atoms with van der Waals surface area (Å²) in [6, 6.07) is 1.58. The molecule has 2 aliphatic rings. The Bertz CT molecular complexity index is 199. The summed E-state index contributed by atoms with van der Waals surface area (Å²) in [4.78, 5) is 2.51. The number of rotatable bonds is 3. The van der Waals surface area contributed by atoms with Crippen molar-refractivity contribution in [1.29, 1.82) is 0 Å². The van der Waals surface area contributed by atoms with Crippen molar-refractivity contribution < 1.29 is 0 Å². The third-order valence-electron chi connectivity index (χ3n) is 4.37. The summed E-state index contributed by atoms with van der Waals surface area (Å²) in [6.45, 7) is 4.90. The third-order valence-corrected chi connectivity index (χ3v) is 4.37. The fourth-order valence-corrected chi connectivity index (χ4v) is 3.46. The highest BCUT2D eigenvalue weighted by atomic mass is 15.1. The van der Waals surface area contributed by atoms with E-state index in [1.807, 2.05) is 0 Å². The minimum Gasteiger partial charge on any atom is -0.310 e. The van der Waals surface area contributed by atoms with E-state index in [0.717, 1.165) is 18.0 Å². The van der Waals surface area contributed by atoms with Gasteiger partial charge in [-0.15, -0.1) is 0 Å². The summed E-state index contributed by atoms with van der Waals surface area (Å²) >= 11 is 0. The van der Waals surface area contributed by atoms with Crippen molar-refractivity contribution in [3.8, 4) is 0 Å². The molecular weight excluding hydrogens is 196 g/mol. The van der Waals surface area contributed by atoms with Gasteiger partial charge in [0.25, 0.3) is 0 Å². The van der Waals surface area contributed by atoms with E-state index in [1.165, 1.54) is 58.0 Å². The van der Waals surface area contributed by atoms with Crippen LogP contribution in [0.15, 0.2) is 0 Å². The Balaban J connectivity index is 1.78. The first-order valence-corrected chi connectivity index (χ1v) is 7.22. The van der Waals surface area contributed by atoms with Crippen molar-refractivity contribution in [2.75, 3.05) is 20.1 Å². The number of nitrogens with zero attached hydrogens (tertiary/aromatic N) is 1. The van der Waals surface area contributed by atoms with E-state index >= 15 is 0 Å². The third kappa shape index (κ3) is 3.46. The van der Waals surface area contributed by atoms with Crippen molar-refractivity contribution in [3.05, 3.63) is 0 Å². The molecule has 0 aromatic rings. The maximum absolute atomic E-state index is 3.91. The molecule has 1 saturated carbocycles. The monoisotopic (exact) mass is 224 g/mol. The van der Waals surface area contributed by atoms with Gasteiger partial charge in [0.15, 0.2) is 0 Å². The Hall–Kier alpha value is -0.0800. The predicted molar refractivity (Wildman–Crippen MR) is 69.7 cm³/mol. The highest BCUT2D eigenvalue weighted by molar-refractivity contribution is 4.85. The second-order valence-corrected chi connectivity index (χ2v) is 5.93. The van der Waals surface area contributed by atoms with E-state index < -0.39 is 0 Å². The first-order valence-electron chi connectivity index (χ1n) is 7.22. The zero-order chi connectivity index (χ0) is 11.4. The fourth-order valence-electron chi connectivity index (χ4n) is 3.46. The molecule has 1 aliphatic heterocycles. The summed E-state index contributed by atoms with van der Waals surface area (Å²) in [6.07, 6.45) is 9.91. The fraction of sp³-hybridized carbons (Fsp3) is 1.00. The Morgan fingerprint density at radius 3 is 2.50 bits per heavy atom. The molecule has 0 amide bonds. The molecular formula is C14H28N2. The normalized spacial score (nSPS) is 34.1. The topological polar surface area (TPSA) is 15.3 Å². The Labute approximate surface area is 101 Å². The lowest BCUT2D eigenvalue weighted by atomic mass is 9.90. The molecule has 0 radical (unpaired) electrons. The van der Waals surface area contributed by atoms with E-state index in [4.69, 9.17) is 0 Å². The van der Waals surface area contributed by atoms with Crippen LogP contribution in [0.2, 0.25) is 0 Å². The smallest absolute Gasteiger partial charge is 0.0200 e. The molecule has 0 bridgehead atoms. The molecule has 1 saturated heterocycles. The lowest BCUT2D eigenvalue weighted by molar-refractivity contribution is 0.153. The second-order valence-electron chi connectivity index (χ2n) is 5.93. The average Bonchev–Trinajstić information content (AvgIpc) is 2.29. The predicted octanol–water partition coefficient (Wildman–Crippen LogP) is 2.64. The molecule has 0 aromatic heterocycles. The van der Waals surface area contributed by atoms with Crippen molar-refractivity contribution in [3.63, 3.8) is 0 Å². The summed E-state index contributed by atoms with van der Waals surface area (Å²) in [5.74, 6) is 0.917. The van der Waals surface area contributed by atoms with Gasteiger partial charge in [-0.1, -0.05) is 32.6 Å². The van der Waals surface area contributed by atoms with Crippen LogP contribution in [0.1, 0.15) is 51.9 Å². The SMILES string of the molecule is CCC1CC(NC2CCCCC2)CN(C)C1. The summed E-state index contributed by atoms with van der Waals surface area (Å²) in [5, 5.41) is 3.91. The quantitative estimate of drug-likeness (QED) is 0.793. The Kier molecular flexibility index (Phi) is 4.66. The standard InChI is InChI=1S/C14H28N2/c1-3-12-9-14(11-16(2)10-12)15-13-7-5-4-6-8-13/h12-15H,3-11H2,1-2H3. The maximum atomic E-state index is 3.91. The number of hydrogen-bond acceptors (Lipinski definition) is 2. The maximum Gasteiger partial charge on any atom is 0.0200 e. The number of likely N-dealkylation sites (tertiary alicyclic amines) is 1. The van der Waals surface area contributed by atoms with Gasteiger partial charge in [-0.25, -0.2) is 0 Å². The number of piperidine rings is 1. The molecule has 0 spiro atoms. The minimum atomic E-state index is 0.756. The van der Waals surface area contributed by atoms with E-state index in [0.29, 0.717) is 0 Å². The lowest BCUT2D eigenvalue weighted by Gasteiger charge is -2.38. The number of nitrogens with one attached hydrogen (secondary N) is 1. The van der Waals surface area contributed by atoms with E-state index in [-0.39, 0.29) is 0 Å². The van der Waals surface area contributed by atoms with Crippen LogP contribution >= 0.6 is 0 Å².